The first-order chi connectivity index (χ1) is 8.49. The van der Waals surface area contributed by atoms with E-state index in [4.69, 9.17) is 18.0 Å². The molecule has 0 aliphatic carbocycles. The van der Waals surface area contributed by atoms with E-state index in [1.54, 1.807) is 0 Å². The number of nitrogens with two attached hydrogens (primary N) is 1. The van der Waals surface area contributed by atoms with E-state index < -0.39 is 0 Å². The summed E-state index contributed by atoms with van der Waals surface area (Å²) in [6, 6.07) is 7.94. The summed E-state index contributed by atoms with van der Waals surface area (Å²) in [5.74, 6) is 0.237. The second-order valence-electron chi connectivity index (χ2n) is 4.92. The van der Waals surface area contributed by atoms with Gasteiger partial charge in [0.05, 0.1) is 6.10 Å². The topological polar surface area (TPSA) is 51.2 Å². The van der Waals surface area contributed by atoms with Gasteiger partial charge in [0, 0.05) is 23.8 Å². The number of thiocarbonyl (C=S) groups is 1. The zero-order chi connectivity index (χ0) is 13.3. The zero-order valence-electron chi connectivity index (χ0n) is 10.6. The second-order valence-corrected chi connectivity index (χ2v) is 5.36. The molecule has 0 spiro atoms. The number of hydrogen-bond acceptors (Lipinski definition) is 2. The minimum absolute atomic E-state index is 0.237. The predicted octanol–water partition coefficient (Wildman–Crippen LogP) is 2.29. The summed E-state index contributed by atoms with van der Waals surface area (Å²) in [7, 11) is 0. The normalized spacial score (nSPS) is 13.1. The maximum absolute atomic E-state index is 9.96. The van der Waals surface area contributed by atoms with Gasteiger partial charge in [0.15, 0.2) is 0 Å². The number of nitrogens with zero attached hydrogens (tertiary/aromatic N) is 1. The monoisotopic (exact) mass is 262 g/mol. The maximum atomic E-state index is 9.96. The summed E-state index contributed by atoms with van der Waals surface area (Å²) >= 11 is 4.99. The zero-order valence-corrected chi connectivity index (χ0v) is 11.4. The standard InChI is InChI=1S/C14H18N2OS/c1-9(2)13(17)8-16-6-5-10-3-4-11(14(15)18)7-12(10)16/h3-7,9,13,17H,8H2,1-2H3,(H2,15,18). The Kier molecular flexibility index (Phi) is 3.68. The van der Waals surface area contributed by atoms with Crippen LogP contribution in [0.25, 0.3) is 10.9 Å². The van der Waals surface area contributed by atoms with Gasteiger partial charge in [-0.3, -0.25) is 0 Å². The Balaban J connectivity index is 2.39. The average molecular weight is 262 g/mol. The molecule has 3 nitrogen and oxygen atoms in total. The summed E-state index contributed by atoms with van der Waals surface area (Å²) in [5, 5.41) is 11.1. The molecule has 0 amide bonds. The molecule has 0 fully saturated rings. The molecule has 4 heteroatoms. The molecule has 18 heavy (non-hydrogen) atoms. The Labute approximate surface area is 112 Å². The van der Waals surface area contributed by atoms with Crippen molar-refractivity contribution in [2.24, 2.45) is 11.7 Å². The predicted molar refractivity (Wildman–Crippen MR) is 78.7 cm³/mol. The van der Waals surface area contributed by atoms with Crippen LogP contribution in [0, 0.1) is 5.92 Å². The van der Waals surface area contributed by atoms with Gasteiger partial charge in [-0.1, -0.05) is 38.2 Å². The molecular formula is C14H18N2OS. The third-order valence-electron chi connectivity index (χ3n) is 3.21. The number of benzene rings is 1. The van der Waals surface area contributed by atoms with E-state index in [9.17, 15) is 5.11 Å². The third kappa shape index (κ3) is 2.54. The summed E-state index contributed by atoms with van der Waals surface area (Å²) in [6.45, 7) is 4.61. The molecule has 0 saturated carbocycles. The minimum atomic E-state index is -0.353. The fourth-order valence-electron chi connectivity index (χ4n) is 1.91. The number of aromatic nitrogens is 1. The molecule has 0 radical (unpaired) electrons. The van der Waals surface area contributed by atoms with E-state index in [0.29, 0.717) is 11.5 Å². The molecule has 1 unspecified atom stereocenters. The van der Waals surface area contributed by atoms with Crippen LogP contribution >= 0.6 is 12.2 Å². The van der Waals surface area contributed by atoms with Crippen molar-refractivity contribution in [2.45, 2.75) is 26.5 Å². The van der Waals surface area contributed by atoms with Crippen LogP contribution in [0.1, 0.15) is 19.4 Å². The SMILES string of the molecule is CC(C)C(O)Cn1ccc2ccc(C(N)=S)cc21. The largest absolute Gasteiger partial charge is 0.391 e. The van der Waals surface area contributed by atoms with Gasteiger partial charge < -0.3 is 15.4 Å². The second kappa shape index (κ2) is 5.08. The summed E-state index contributed by atoms with van der Waals surface area (Å²) < 4.78 is 2.04. The lowest BCUT2D eigenvalue weighted by atomic mass is 10.1. The summed E-state index contributed by atoms with van der Waals surface area (Å²) in [4.78, 5) is 0.397. The number of hydrogen-bond donors (Lipinski definition) is 2. The van der Waals surface area contributed by atoms with Gasteiger partial charge in [0.25, 0.3) is 0 Å². The van der Waals surface area contributed by atoms with Crippen LogP contribution in [-0.2, 0) is 6.54 Å². The fourth-order valence-corrected chi connectivity index (χ4v) is 2.04. The Morgan fingerprint density at radius 1 is 1.39 bits per heavy atom. The van der Waals surface area contributed by atoms with Gasteiger partial charge in [-0.05, 0) is 23.4 Å². The van der Waals surface area contributed by atoms with Crippen LogP contribution < -0.4 is 5.73 Å². The van der Waals surface area contributed by atoms with Crippen molar-refractivity contribution < 1.29 is 5.11 Å². The minimum Gasteiger partial charge on any atom is -0.391 e. The summed E-state index contributed by atoms with van der Waals surface area (Å²) in [5.41, 5.74) is 7.56. The van der Waals surface area contributed by atoms with Gasteiger partial charge in [-0.2, -0.15) is 0 Å². The van der Waals surface area contributed by atoms with Crippen LogP contribution in [0.4, 0.5) is 0 Å². The lowest BCUT2D eigenvalue weighted by Crippen LogP contribution is -2.21. The lowest BCUT2D eigenvalue weighted by Gasteiger charge is -2.16. The van der Waals surface area contributed by atoms with Gasteiger partial charge in [0.1, 0.15) is 4.99 Å². The molecule has 2 aromatic rings. The molecule has 0 aliphatic rings. The van der Waals surface area contributed by atoms with Crippen LogP contribution in [0.15, 0.2) is 30.5 Å². The van der Waals surface area contributed by atoms with E-state index >= 15 is 0 Å². The molecule has 1 aromatic carbocycles. The van der Waals surface area contributed by atoms with Crippen LogP contribution in [0.2, 0.25) is 0 Å². The van der Waals surface area contributed by atoms with E-state index in [-0.39, 0.29) is 12.0 Å². The van der Waals surface area contributed by atoms with E-state index in [0.717, 1.165) is 16.5 Å². The van der Waals surface area contributed by atoms with Gasteiger partial charge in [-0.25, -0.2) is 0 Å². The van der Waals surface area contributed by atoms with Gasteiger partial charge >= 0.3 is 0 Å². The molecule has 0 saturated heterocycles. The first-order valence-electron chi connectivity index (χ1n) is 6.06. The molecule has 1 atom stereocenters. The van der Waals surface area contributed by atoms with Crippen molar-refractivity contribution in [2.75, 3.05) is 0 Å². The van der Waals surface area contributed by atoms with Crippen LogP contribution in [-0.4, -0.2) is 20.8 Å². The fraction of sp³-hybridized carbons (Fsp3) is 0.357. The van der Waals surface area contributed by atoms with Crippen molar-refractivity contribution in [1.82, 2.24) is 4.57 Å². The van der Waals surface area contributed by atoms with Crippen LogP contribution in [0.5, 0.6) is 0 Å². The Morgan fingerprint density at radius 3 is 2.72 bits per heavy atom. The molecule has 96 valence electrons. The van der Waals surface area contributed by atoms with Crippen molar-refractivity contribution >= 4 is 28.1 Å². The number of rotatable bonds is 4. The lowest BCUT2D eigenvalue weighted by molar-refractivity contribution is 0.108. The maximum Gasteiger partial charge on any atom is 0.104 e. The highest BCUT2D eigenvalue weighted by Crippen LogP contribution is 2.19. The molecule has 1 heterocycles. The first kappa shape index (κ1) is 13.1. The van der Waals surface area contributed by atoms with E-state index in [1.165, 1.54) is 0 Å². The van der Waals surface area contributed by atoms with Crippen molar-refractivity contribution in [3.05, 3.63) is 36.0 Å². The van der Waals surface area contributed by atoms with E-state index in [1.807, 2.05) is 48.9 Å². The molecular weight excluding hydrogens is 244 g/mol. The van der Waals surface area contributed by atoms with Crippen molar-refractivity contribution in [1.29, 1.82) is 0 Å². The average Bonchev–Trinajstić information content (AvgIpc) is 2.71. The molecule has 0 bridgehead atoms. The quantitative estimate of drug-likeness (QED) is 0.831. The Morgan fingerprint density at radius 2 is 2.11 bits per heavy atom. The highest BCUT2D eigenvalue weighted by Gasteiger charge is 2.11. The van der Waals surface area contributed by atoms with Gasteiger partial charge in [0.2, 0.25) is 0 Å². The number of aliphatic hydroxyl groups excluding tert-OH is 1. The number of fused-ring (bicyclic) bond motifs is 1. The highest BCUT2D eigenvalue weighted by molar-refractivity contribution is 7.80. The molecule has 3 N–H and O–H groups in total. The molecule has 1 aromatic heterocycles. The van der Waals surface area contributed by atoms with Crippen LogP contribution in [0.3, 0.4) is 0 Å². The Hall–Kier alpha value is -1.39. The highest BCUT2D eigenvalue weighted by atomic mass is 32.1. The van der Waals surface area contributed by atoms with Crippen molar-refractivity contribution in [3.63, 3.8) is 0 Å². The van der Waals surface area contributed by atoms with E-state index in [2.05, 4.69) is 0 Å². The first-order valence-corrected chi connectivity index (χ1v) is 6.46. The molecule has 2 rings (SSSR count). The molecule has 0 aliphatic heterocycles. The van der Waals surface area contributed by atoms with Gasteiger partial charge in [-0.15, -0.1) is 0 Å². The Bertz CT molecular complexity index is 574. The third-order valence-corrected chi connectivity index (χ3v) is 3.45. The summed E-state index contributed by atoms with van der Waals surface area (Å²) in [6.07, 6.45) is 1.63. The van der Waals surface area contributed by atoms with Crippen molar-refractivity contribution in [3.8, 4) is 0 Å². The smallest absolute Gasteiger partial charge is 0.104 e. The number of aliphatic hydroxyl groups is 1.